The molecule has 0 unspecified atom stereocenters. The van der Waals surface area contributed by atoms with E-state index in [9.17, 15) is 14.9 Å². The molecular formula is C18H13BrClN3O3. The van der Waals surface area contributed by atoms with Crippen molar-refractivity contribution in [1.82, 2.24) is 4.98 Å². The van der Waals surface area contributed by atoms with E-state index in [1.54, 1.807) is 29.2 Å². The van der Waals surface area contributed by atoms with Gasteiger partial charge in [0.1, 0.15) is 0 Å². The first-order chi connectivity index (χ1) is 12.0. The van der Waals surface area contributed by atoms with Gasteiger partial charge in [0.25, 0.3) is 12.0 Å². The molecule has 0 saturated carbocycles. The number of non-ortho nitro benzene ring substituents is 1. The highest BCUT2D eigenvalue weighted by Crippen LogP contribution is 2.18. The summed E-state index contributed by atoms with van der Waals surface area (Å²) in [6.45, 7) is 0.103. The predicted molar refractivity (Wildman–Crippen MR) is 92.3 cm³/mol. The Morgan fingerprint density at radius 3 is 2.27 bits per heavy atom. The number of carbonyl (C=O) groups is 1. The molecule has 0 spiro atoms. The quantitative estimate of drug-likeness (QED) is 0.253. The molecule has 0 N–H and O–H groups in total. The molecule has 0 aliphatic carbocycles. The lowest BCUT2D eigenvalue weighted by atomic mass is 10.1. The van der Waals surface area contributed by atoms with Crippen molar-refractivity contribution >= 4 is 23.1 Å². The highest BCUT2D eigenvalue weighted by Gasteiger charge is 2.13. The molecule has 2 aromatic carbocycles. The fourth-order valence-corrected chi connectivity index (χ4v) is 2.42. The molecule has 26 heavy (non-hydrogen) atoms. The second-order valence-corrected chi connectivity index (χ2v) is 5.79. The largest absolute Gasteiger partial charge is 1.00 e. The molecule has 1 aromatic heterocycles. The van der Waals surface area contributed by atoms with Crippen molar-refractivity contribution in [2.45, 2.75) is 6.54 Å². The van der Waals surface area contributed by atoms with Crippen LogP contribution in [-0.2, 0) is 6.54 Å². The molecule has 8 heteroatoms. The maximum absolute atomic E-state index is 12.3. The summed E-state index contributed by atoms with van der Waals surface area (Å²) in [5.74, 6) is -0.152. The molecule has 0 aliphatic rings. The van der Waals surface area contributed by atoms with Gasteiger partial charge in [-0.25, -0.2) is 4.57 Å². The number of nitro groups is 1. The number of benzene rings is 2. The molecule has 0 atom stereocenters. The van der Waals surface area contributed by atoms with E-state index in [4.69, 9.17) is 11.6 Å². The van der Waals surface area contributed by atoms with E-state index in [0.29, 0.717) is 10.6 Å². The van der Waals surface area contributed by atoms with Crippen LogP contribution < -0.4 is 21.5 Å². The van der Waals surface area contributed by atoms with Crippen LogP contribution in [0.3, 0.4) is 0 Å². The van der Waals surface area contributed by atoms with E-state index in [0.717, 1.165) is 11.3 Å². The van der Waals surface area contributed by atoms with Gasteiger partial charge in [-0.05, 0) is 41.4 Å². The normalized spacial score (nSPS) is 10.0. The van der Waals surface area contributed by atoms with Gasteiger partial charge >= 0.3 is 0 Å². The molecule has 132 valence electrons. The third-order valence-electron chi connectivity index (χ3n) is 3.64. The van der Waals surface area contributed by atoms with E-state index >= 15 is 0 Å². The minimum Gasteiger partial charge on any atom is -1.00 e. The van der Waals surface area contributed by atoms with Gasteiger partial charge in [-0.3, -0.25) is 14.9 Å². The number of aromatic nitrogens is 2. The molecule has 0 bridgehead atoms. The first-order valence-electron chi connectivity index (χ1n) is 7.41. The summed E-state index contributed by atoms with van der Waals surface area (Å²) in [5.41, 5.74) is 2.08. The Balaban J connectivity index is 0.00000243. The zero-order chi connectivity index (χ0) is 17.8. The molecule has 3 aromatic rings. The Bertz CT molecular complexity index is 914. The van der Waals surface area contributed by atoms with Gasteiger partial charge in [-0.2, -0.15) is 0 Å². The first-order valence-corrected chi connectivity index (χ1v) is 7.79. The van der Waals surface area contributed by atoms with Crippen molar-refractivity contribution in [2.24, 2.45) is 0 Å². The molecule has 6 nitrogen and oxygen atoms in total. The Morgan fingerprint density at radius 2 is 1.73 bits per heavy atom. The van der Waals surface area contributed by atoms with Crippen LogP contribution in [0.1, 0.15) is 10.4 Å². The summed E-state index contributed by atoms with van der Waals surface area (Å²) in [5, 5.41) is 11.3. The highest BCUT2D eigenvalue weighted by atomic mass is 79.9. The van der Waals surface area contributed by atoms with Crippen LogP contribution in [0.25, 0.3) is 11.3 Å². The Kier molecular flexibility index (Phi) is 6.54. The van der Waals surface area contributed by atoms with Gasteiger partial charge in [-0.15, -0.1) is 0 Å². The Labute approximate surface area is 165 Å². The average molecular weight is 435 g/mol. The van der Waals surface area contributed by atoms with Crippen molar-refractivity contribution in [3.63, 3.8) is 0 Å². The lowest BCUT2D eigenvalue weighted by Gasteiger charge is -2.01. The number of nitro benzene ring substituents is 1. The molecule has 0 radical (unpaired) electrons. The lowest BCUT2D eigenvalue weighted by molar-refractivity contribution is -0.686. The maximum Gasteiger partial charge on any atom is 0.287 e. The summed E-state index contributed by atoms with van der Waals surface area (Å²) in [7, 11) is 0. The first kappa shape index (κ1) is 19.7. The van der Waals surface area contributed by atoms with E-state index in [-0.39, 0.29) is 35.0 Å². The van der Waals surface area contributed by atoms with Gasteiger partial charge < -0.3 is 17.0 Å². The van der Waals surface area contributed by atoms with E-state index < -0.39 is 4.92 Å². The van der Waals surface area contributed by atoms with Crippen LogP contribution in [0.5, 0.6) is 0 Å². The van der Waals surface area contributed by atoms with Crippen LogP contribution in [0, 0.1) is 10.1 Å². The number of hydrogen-bond donors (Lipinski definition) is 0. The fraction of sp³-hybridized carbons (Fsp3) is 0.0556. The van der Waals surface area contributed by atoms with Gasteiger partial charge in [-0.1, -0.05) is 11.6 Å². The third kappa shape index (κ3) is 4.71. The second kappa shape index (κ2) is 8.64. The molecular weight excluding hydrogens is 422 g/mol. The van der Waals surface area contributed by atoms with Crippen LogP contribution in [0.4, 0.5) is 5.69 Å². The Morgan fingerprint density at radius 1 is 1.08 bits per heavy atom. The molecule has 0 amide bonds. The van der Waals surface area contributed by atoms with Crippen LogP contribution in [-0.4, -0.2) is 15.7 Å². The standard InChI is InChI=1S/C18H13ClN3O3.BrH/c19-15-5-1-13(2-6-15)17-9-10-21(12-20-17)11-18(23)14-3-7-16(8-4-14)22(24)25;/h1-10,12H,11H2;1H/q+1;/p-1. The van der Waals surface area contributed by atoms with Crippen molar-refractivity contribution in [1.29, 1.82) is 0 Å². The van der Waals surface area contributed by atoms with Crippen LogP contribution in [0.15, 0.2) is 67.1 Å². The molecule has 3 rings (SSSR count). The summed E-state index contributed by atoms with van der Waals surface area (Å²) in [6.07, 6.45) is 3.34. The number of Topliss-reactive ketones (excluding diaryl/α,β-unsaturated/α-hetero) is 1. The van der Waals surface area contributed by atoms with Crippen molar-refractivity contribution in [3.8, 4) is 11.3 Å². The van der Waals surface area contributed by atoms with Crippen molar-refractivity contribution in [3.05, 3.63) is 87.8 Å². The number of rotatable bonds is 5. The van der Waals surface area contributed by atoms with Crippen molar-refractivity contribution < 1.29 is 31.3 Å². The smallest absolute Gasteiger partial charge is 0.287 e. The maximum atomic E-state index is 12.3. The lowest BCUT2D eigenvalue weighted by Crippen LogP contribution is -3.00. The summed E-state index contributed by atoms with van der Waals surface area (Å²) in [4.78, 5) is 26.7. The number of halogens is 2. The number of ketones is 1. The van der Waals surface area contributed by atoms with Crippen LogP contribution >= 0.6 is 11.6 Å². The average Bonchev–Trinajstić information content (AvgIpc) is 2.63. The van der Waals surface area contributed by atoms with Gasteiger partial charge in [0.2, 0.25) is 5.78 Å². The highest BCUT2D eigenvalue weighted by molar-refractivity contribution is 6.30. The van der Waals surface area contributed by atoms with Crippen molar-refractivity contribution in [2.75, 3.05) is 0 Å². The van der Waals surface area contributed by atoms with E-state index in [1.807, 2.05) is 18.2 Å². The zero-order valence-corrected chi connectivity index (χ0v) is 15.7. The summed E-state index contributed by atoms with van der Waals surface area (Å²) < 4.78 is 1.66. The summed E-state index contributed by atoms with van der Waals surface area (Å²) >= 11 is 5.87. The predicted octanol–water partition coefficient (Wildman–Crippen LogP) is 0.485. The molecule has 0 saturated heterocycles. The molecule has 0 aliphatic heterocycles. The fourth-order valence-electron chi connectivity index (χ4n) is 2.30. The van der Waals surface area contributed by atoms with Gasteiger partial charge in [0.15, 0.2) is 12.2 Å². The zero-order valence-electron chi connectivity index (χ0n) is 13.4. The number of carbonyl (C=O) groups excluding carboxylic acids is 1. The monoisotopic (exact) mass is 433 g/mol. The number of nitrogens with zero attached hydrogens (tertiary/aromatic N) is 3. The number of hydrogen-bond acceptors (Lipinski definition) is 4. The third-order valence-corrected chi connectivity index (χ3v) is 3.89. The second-order valence-electron chi connectivity index (χ2n) is 5.35. The minimum atomic E-state index is -0.498. The Hall–Kier alpha value is -2.64. The summed E-state index contributed by atoms with van der Waals surface area (Å²) in [6, 6.07) is 14.7. The van der Waals surface area contributed by atoms with Gasteiger partial charge in [0, 0.05) is 34.3 Å². The minimum absolute atomic E-state index is 0. The van der Waals surface area contributed by atoms with E-state index in [1.165, 1.54) is 24.3 Å². The van der Waals surface area contributed by atoms with Gasteiger partial charge in [0.05, 0.1) is 11.1 Å². The molecule has 0 fully saturated rings. The van der Waals surface area contributed by atoms with Crippen LogP contribution in [0.2, 0.25) is 5.02 Å². The topological polar surface area (TPSA) is 77.0 Å². The van der Waals surface area contributed by atoms with E-state index in [2.05, 4.69) is 4.98 Å². The SMILES string of the molecule is O=C(C[n+]1ccc(-c2ccc(Cl)cc2)nc1)c1ccc([N+](=O)[O-])cc1.[Br-]. The molecule has 1 heterocycles.